The van der Waals surface area contributed by atoms with E-state index < -0.39 is 4.92 Å². The highest BCUT2D eigenvalue weighted by Crippen LogP contribution is 2.29. The first-order valence-electron chi connectivity index (χ1n) is 9.33. The average molecular weight is 504 g/mol. The van der Waals surface area contributed by atoms with Gasteiger partial charge in [-0.3, -0.25) is 19.7 Å². The van der Waals surface area contributed by atoms with Crippen LogP contribution < -0.4 is 10.6 Å². The van der Waals surface area contributed by atoms with Gasteiger partial charge in [0.1, 0.15) is 5.82 Å². The van der Waals surface area contributed by atoms with Crippen LogP contribution >= 0.6 is 34.4 Å². The molecule has 0 atom stereocenters. The molecule has 0 saturated heterocycles. The van der Waals surface area contributed by atoms with E-state index in [1.807, 2.05) is 0 Å². The number of thiazole rings is 2. The van der Waals surface area contributed by atoms with E-state index in [1.54, 1.807) is 5.38 Å². The number of rotatable bonds is 8. The maximum atomic E-state index is 12.9. The predicted molar refractivity (Wildman–Crippen MR) is 126 cm³/mol. The van der Waals surface area contributed by atoms with Crippen molar-refractivity contribution in [1.82, 2.24) is 9.97 Å². The number of nitrogens with one attached hydrogen (secondary N) is 2. The van der Waals surface area contributed by atoms with Gasteiger partial charge in [-0.05, 0) is 30.3 Å². The van der Waals surface area contributed by atoms with Crippen LogP contribution in [0, 0.1) is 15.9 Å². The Morgan fingerprint density at radius 3 is 2.64 bits per heavy atom. The van der Waals surface area contributed by atoms with E-state index in [0.29, 0.717) is 31.1 Å². The van der Waals surface area contributed by atoms with Crippen LogP contribution in [0.15, 0.2) is 52.2 Å². The van der Waals surface area contributed by atoms with E-state index in [4.69, 9.17) is 0 Å². The Kier molecular flexibility index (Phi) is 6.91. The minimum atomic E-state index is -0.484. The summed E-state index contributed by atoms with van der Waals surface area (Å²) in [4.78, 5) is 43.4. The lowest BCUT2D eigenvalue weighted by molar-refractivity contribution is -0.384. The summed E-state index contributed by atoms with van der Waals surface area (Å²) in [6.07, 6.45) is 0.0227. The standard InChI is InChI=1S/C20H14FN5O4S3/c21-11-1-3-12(4-2-11)22-18(28)10-32-20-23-13(9-31-20)7-17(27)25-19-24-15-6-5-14(26(29)30)8-16(15)33-19/h1-6,8-9H,7,10H2,(H,22,28)(H,24,25,27). The van der Waals surface area contributed by atoms with Crippen molar-refractivity contribution in [2.24, 2.45) is 0 Å². The van der Waals surface area contributed by atoms with Crippen LogP contribution in [-0.4, -0.2) is 32.5 Å². The van der Waals surface area contributed by atoms with Gasteiger partial charge >= 0.3 is 0 Å². The molecule has 0 aliphatic heterocycles. The third kappa shape index (κ3) is 6.09. The number of non-ortho nitro benzene ring substituents is 1. The van der Waals surface area contributed by atoms with E-state index in [2.05, 4.69) is 20.6 Å². The molecule has 0 spiro atoms. The van der Waals surface area contributed by atoms with Crippen molar-refractivity contribution in [2.45, 2.75) is 10.8 Å². The lowest BCUT2D eigenvalue weighted by Gasteiger charge is -2.03. The second-order valence-electron chi connectivity index (χ2n) is 6.60. The number of carbonyl (C=O) groups excluding carboxylic acids is 2. The zero-order valence-corrected chi connectivity index (χ0v) is 19.1. The molecule has 0 radical (unpaired) electrons. The van der Waals surface area contributed by atoms with Crippen molar-refractivity contribution in [3.63, 3.8) is 0 Å². The SMILES string of the molecule is O=C(CSc1nc(CC(=O)Nc2nc3ccc([N+](=O)[O-])cc3s2)cs1)Nc1ccc(F)cc1. The molecular formula is C20H14FN5O4S3. The number of amides is 2. The molecule has 0 aliphatic rings. The second-order valence-corrected chi connectivity index (χ2v) is 9.71. The zero-order valence-electron chi connectivity index (χ0n) is 16.6. The number of aromatic nitrogens is 2. The number of hydrogen-bond acceptors (Lipinski definition) is 9. The number of carbonyl (C=O) groups is 2. The molecule has 2 aromatic carbocycles. The molecule has 2 aromatic heterocycles. The lowest BCUT2D eigenvalue weighted by atomic mass is 10.3. The Balaban J connectivity index is 1.28. The van der Waals surface area contributed by atoms with Crippen molar-refractivity contribution in [3.8, 4) is 0 Å². The van der Waals surface area contributed by atoms with Crippen LogP contribution in [0.2, 0.25) is 0 Å². The van der Waals surface area contributed by atoms with Gasteiger partial charge in [0.05, 0.1) is 33.0 Å². The van der Waals surface area contributed by atoms with E-state index >= 15 is 0 Å². The molecule has 2 amide bonds. The van der Waals surface area contributed by atoms with Gasteiger partial charge < -0.3 is 10.6 Å². The highest BCUT2D eigenvalue weighted by molar-refractivity contribution is 8.01. The Bertz CT molecular complexity index is 1340. The first-order valence-corrected chi connectivity index (χ1v) is 12.0. The van der Waals surface area contributed by atoms with Gasteiger partial charge in [-0.25, -0.2) is 14.4 Å². The van der Waals surface area contributed by atoms with Gasteiger partial charge in [0.15, 0.2) is 9.47 Å². The van der Waals surface area contributed by atoms with Crippen LogP contribution in [0.4, 0.5) is 20.9 Å². The summed E-state index contributed by atoms with van der Waals surface area (Å²) >= 11 is 3.71. The monoisotopic (exact) mass is 503 g/mol. The predicted octanol–water partition coefficient (Wildman–Crippen LogP) is 4.71. The molecule has 33 heavy (non-hydrogen) atoms. The molecule has 2 N–H and O–H groups in total. The van der Waals surface area contributed by atoms with E-state index in [9.17, 15) is 24.1 Å². The molecule has 0 saturated carbocycles. The van der Waals surface area contributed by atoms with Gasteiger partial charge in [0.2, 0.25) is 11.8 Å². The second kappa shape index (κ2) is 10.0. The van der Waals surface area contributed by atoms with Crippen LogP contribution in [0.5, 0.6) is 0 Å². The molecule has 9 nitrogen and oxygen atoms in total. The number of benzene rings is 2. The molecule has 0 bridgehead atoms. The number of thioether (sulfide) groups is 1. The van der Waals surface area contributed by atoms with Crippen molar-refractivity contribution in [2.75, 3.05) is 16.4 Å². The van der Waals surface area contributed by atoms with Crippen molar-refractivity contribution in [3.05, 3.63) is 69.5 Å². The van der Waals surface area contributed by atoms with E-state index in [1.165, 1.54) is 65.6 Å². The number of nitro benzene ring substituents is 1. The smallest absolute Gasteiger partial charge is 0.270 e. The fourth-order valence-electron chi connectivity index (χ4n) is 2.70. The Labute approximate surface area is 198 Å². The van der Waals surface area contributed by atoms with E-state index in [-0.39, 0.29) is 35.5 Å². The maximum absolute atomic E-state index is 12.9. The van der Waals surface area contributed by atoms with Crippen LogP contribution in [0.25, 0.3) is 10.2 Å². The summed E-state index contributed by atoms with van der Waals surface area (Å²) in [7, 11) is 0. The average Bonchev–Trinajstić information content (AvgIpc) is 3.39. The van der Waals surface area contributed by atoms with Gasteiger partial charge in [-0.1, -0.05) is 23.1 Å². The number of nitrogens with zero attached hydrogens (tertiary/aromatic N) is 3. The minimum absolute atomic E-state index is 0.0227. The summed E-state index contributed by atoms with van der Waals surface area (Å²) in [5.41, 5.74) is 1.58. The third-order valence-corrected chi connectivity index (χ3v) is 7.16. The summed E-state index contributed by atoms with van der Waals surface area (Å²) in [6.45, 7) is 0. The Morgan fingerprint density at radius 2 is 1.88 bits per heavy atom. The van der Waals surface area contributed by atoms with Crippen molar-refractivity contribution >= 4 is 73.0 Å². The third-order valence-electron chi connectivity index (χ3n) is 4.16. The largest absolute Gasteiger partial charge is 0.325 e. The molecule has 4 rings (SSSR count). The topological polar surface area (TPSA) is 127 Å². The molecule has 13 heteroatoms. The Morgan fingerprint density at radius 1 is 1.09 bits per heavy atom. The van der Waals surface area contributed by atoms with Crippen LogP contribution in [0.3, 0.4) is 0 Å². The fraction of sp³-hybridized carbons (Fsp3) is 0.100. The summed E-state index contributed by atoms with van der Waals surface area (Å²) in [5, 5.41) is 18.3. The highest BCUT2D eigenvalue weighted by Gasteiger charge is 2.14. The summed E-state index contributed by atoms with van der Waals surface area (Å²) < 4.78 is 14.2. The van der Waals surface area contributed by atoms with Gasteiger partial charge in [0, 0.05) is 23.2 Å². The molecule has 0 fully saturated rings. The Hall–Kier alpha value is -3.42. The number of nitro groups is 1. The molecule has 0 aliphatic carbocycles. The number of hydrogen-bond donors (Lipinski definition) is 2. The fourth-order valence-corrected chi connectivity index (χ4v) is 5.26. The van der Waals surface area contributed by atoms with Gasteiger partial charge in [0.25, 0.3) is 5.69 Å². The van der Waals surface area contributed by atoms with Gasteiger partial charge in [-0.2, -0.15) is 0 Å². The molecular weight excluding hydrogens is 489 g/mol. The molecule has 0 unspecified atom stereocenters. The molecule has 4 aromatic rings. The van der Waals surface area contributed by atoms with E-state index in [0.717, 1.165) is 11.3 Å². The first kappa shape index (κ1) is 22.8. The maximum Gasteiger partial charge on any atom is 0.270 e. The van der Waals surface area contributed by atoms with Crippen LogP contribution in [-0.2, 0) is 16.0 Å². The summed E-state index contributed by atoms with van der Waals surface area (Å²) in [5.74, 6) is -0.834. The lowest BCUT2D eigenvalue weighted by Crippen LogP contribution is -2.14. The number of halogens is 1. The quantitative estimate of drug-likeness (QED) is 0.202. The zero-order chi connectivity index (χ0) is 23.4. The summed E-state index contributed by atoms with van der Waals surface area (Å²) in [6, 6.07) is 9.80. The number of fused-ring (bicyclic) bond motifs is 1. The minimum Gasteiger partial charge on any atom is -0.325 e. The highest BCUT2D eigenvalue weighted by atomic mass is 32.2. The number of anilines is 2. The van der Waals surface area contributed by atoms with Crippen molar-refractivity contribution < 1.29 is 18.9 Å². The molecule has 2 heterocycles. The van der Waals surface area contributed by atoms with Crippen molar-refractivity contribution in [1.29, 1.82) is 0 Å². The van der Waals surface area contributed by atoms with Crippen LogP contribution in [0.1, 0.15) is 5.69 Å². The molecule has 168 valence electrons. The van der Waals surface area contributed by atoms with Gasteiger partial charge in [-0.15, -0.1) is 11.3 Å². The first-order chi connectivity index (χ1) is 15.9. The normalized spacial score (nSPS) is 10.8.